The molecular formula is C79H65N3. The van der Waals surface area contributed by atoms with Gasteiger partial charge in [0.15, 0.2) is 0 Å². The molecule has 11 aromatic rings. The maximum atomic E-state index is 12.0. The summed E-state index contributed by atoms with van der Waals surface area (Å²) in [6, 6.07) is 71.8. The highest BCUT2D eigenvalue weighted by Crippen LogP contribution is 2.79. The fraction of sp³-hybridized carbons (Fsp3) is 0.291. The van der Waals surface area contributed by atoms with Gasteiger partial charge in [-0.15, -0.1) is 0 Å². The fourth-order valence-corrected chi connectivity index (χ4v) is 21.5. The van der Waals surface area contributed by atoms with Crippen molar-refractivity contribution in [1.82, 2.24) is 4.40 Å². The third kappa shape index (κ3) is 5.95. The van der Waals surface area contributed by atoms with Gasteiger partial charge in [-0.05, 0) is 222 Å². The molecule has 0 radical (unpaired) electrons. The monoisotopic (exact) mass is 1060 g/mol. The molecule has 19 rings (SSSR count). The number of nitriles is 2. The Bertz CT molecular complexity index is 4560. The molecule has 3 heteroatoms. The SMILES string of the molecule is CC12CC3CC(C1)CC(C)(C3)c1c2c(C#N)cc2c1c1c(-c3c(-c4ccccc4)cccc3-c3ccccc3)cc(-c3c(-c4ccccc4)cccc3-c3ccccc3)c3c4c5c(c(C#N)cc4n2c13)C1(C)CC2CC3CC5(C)CC23C1. The lowest BCUT2D eigenvalue weighted by molar-refractivity contribution is 0.00220. The number of hydrogen-bond donors (Lipinski definition) is 0. The van der Waals surface area contributed by atoms with Gasteiger partial charge in [0.1, 0.15) is 0 Å². The lowest BCUT2D eigenvalue weighted by atomic mass is 9.56. The van der Waals surface area contributed by atoms with Gasteiger partial charge < -0.3 is 4.40 Å². The van der Waals surface area contributed by atoms with Gasteiger partial charge in [0.2, 0.25) is 0 Å². The van der Waals surface area contributed by atoms with E-state index in [9.17, 15) is 10.5 Å². The first-order chi connectivity index (χ1) is 39.9. The lowest BCUT2D eigenvalue weighted by Crippen LogP contribution is -2.41. The highest BCUT2D eigenvalue weighted by atomic mass is 14.9. The lowest BCUT2D eigenvalue weighted by Gasteiger charge is -2.49. The molecule has 9 aromatic carbocycles. The molecular weight excluding hydrogens is 991 g/mol. The van der Waals surface area contributed by atoms with E-state index in [0.717, 1.165) is 66.6 Å². The van der Waals surface area contributed by atoms with Crippen LogP contribution in [0.2, 0.25) is 0 Å². The van der Waals surface area contributed by atoms with E-state index in [4.69, 9.17) is 0 Å². The van der Waals surface area contributed by atoms with Crippen LogP contribution in [0.1, 0.15) is 125 Å². The molecule has 0 amide bonds. The minimum absolute atomic E-state index is 0.115. The topological polar surface area (TPSA) is 52.0 Å². The summed E-state index contributed by atoms with van der Waals surface area (Å²) in [5, 5.41) is 29.1. The third-order valence-electron chi connectivity index (χ3n) is 23.4. The van der Waals surface area contributed by atoms with Crippen LogP contribution in [0.15, 0.2) is 176 Å². The summed E-state index contributed by atoms with van der Waals surface area (Å²) in [6.45, 7) is 10.3. The van der Waals surface area contributed by atoms with Crippen molar-refractivity contribution in [2.24, 2.45) is 29.1 Å². The van der Waals surface area contributed by atoms with E-state index in [0.29, 0.717) is 23.2 Å². The summed E-state index contributed by atoms with van der Waals surface area (Å²) in [5.41, 5.74) is 24.9. The second-order valence-corrected chi connectivity index (χ2v) is 28.3. The van der Waals surface area contributed by atoms with Crippen molar-refractivity contribution < 1.29 is 0 Å². The summed E-state index contributed by atoms with van der Waals surface area (Å²) in [7, 11) is 0. The van der Waals surface area contributed by atoms with Crippen molar-refractivity contribution >= 4 is 38.1 Å². The molecule has 7 unspecified atom stereocenters. The normalized spacial score (nSPS) is 28.7. The highest BCUT2D eigenvalue weighted by molar-refractivity contribution is 6.33. The van der Waals surface area contributed by atoms with E-state index in [1.54, 1.807) is 0 Å². The first kappa shape index (κ1) is 47.4. The van der Waals surface area contributed by atoms with Crippen LogP contribution in [0, 0.1) is 51.7 Å². The summed E-state index contributed by atoms with van der Waals surface area (Å²) in [6.07, 6.45) is 11.8. The maximum absolute atomic E-state index is 12.0. The predicted molar refractivity (Wildman–Crippen MR) is 335 cm³/mol. The summed E-state index contributed by atoms with van der Waals surface area (Å²) >= 11 is 0. The average molecular weight is 1060 g/mol. The van der Waals surface area contributed by atoms with E-state index in [2.05, 4.69) is 220 Å². The Kier molecular flexibility index (Phi) is 9.28. The zero-order valence-electron chi connectivity index (χ0n) is 47.5. The second kappa shape index (κ2) is 16.1. The van der Waals surface area contributed by atoms with Gasteiger partial charge >= 0.3 is 0 Å². The first-order valence-corrected chi connectivity index (χ1v) is 30.7. The number of rotatable bonds is 6. The molecule has 8 aliphatic rings. The Hall–Kier alpha value is -8.24. The number of nitrogens with zero attached hydrogens (tertiary/aromatic N) is 3. The molecule has 396 valence electrons. The quantitative estimate of drug-likeness (QED) is 0.167. The van der Waals surface area contributed by atoms with E-state index in [-0.39, 0.29) is 21.7 Å². The summed E-state index contributed by atoms with van der Waals surface area (Å²) in [4.78, 5) is 0. The van der Waals surface area contributed by atoms with Crippen molar-refractivity contribution in [2.45, 2.75) is 114 Å². The molecule has 2 aromatic heterocycles. The van der Waals surface area contributed by atoms with Crippen LogP contribution in [-0.4, -0.2) is 4.40 Å². The molecule has 7 atom stereocenters. The molecule has 5 saturated carbocycles. The predicted octanol–water partition coefficient (Wildman–Crippen LogP) is 20.1. The van der Waals surface area contributed by atoms with Crippen molar-refractivity contribution in [3.63, 3.8) is 0 Å². The van der Waals surface area contributed by atoms with Crippen molar-refractivity contribution in [3.8, 4) is 78.9 Å². The van der Waals surface area contributed by atoms with Gasteiger partial charge in [0, 0.05) is 21.5 Å². The molecule has 0 N–H and O–H groups in total. The zero-order valence-corrected chi connectivity index (χ0v) is 47.5. The van der Waals surface area contributed by atoms with Crippen LogP contribution < -0.4 is 0 Å². The van der Waals surface area contributed by atoms with Gasteiger partial charge in [-0.2, -0.15) is 10.5 Å². The second-order valence-electron chi connectivity index (χ2n) is 28.3. The van der Waals surface area contributed by atoms with E-state index < -0.39 is 0 Å². The molecule has 0 saturated heterocycles. The Morgan fingerprint density at radius 3 is 1.15 bits per heavy atom. The molecule has 5 fully saturated rings. The largest absolute Gasteiger partial charge is 0.308 e. The van der Waals surface area contributed by atoms with Crippen LogP contribution in [0.4, 0.5) is 0 Å². The van der Waals surface area contributed by atoms with Crippen LogP contribution in [-0.2, 0) is 21.7 Å². The van der Waals surface area contributed by atoms with Crippen molar-refractivity contribution in [2.75, 3.05) is 0 Å². The maximum Gasteiger partial charge on any atom is 0.0995 e. The first-order valence-electron chi connectivity index (χ1n) is 30.7. The molecule has 82 heavy (non-hydrogen) atoms. The zero-order chi connectivity index (χ0) is 54.8. The van der Waals surface area contributed by atoms with Crippen LogP contribution in [0.3, 0.4) is 0 Å². The Morgan fingerprint density at radius 2 is 0.744 bits per heavy atom. The minimum atomic E-state index is -0.146. The smallest absolute Gasteiger partial charge is 0.0995 e. The summed E-state index contributed by atoms with van der Waals surface area (Å²) in [5.74, 6) is 2.65. The van der Waals surface area contributed by atoms with Gasteiger partial charge in [-0.3, -0.25) is 0 Å². The van der Waals surface area contributed by atoms with Gasteiger partial charge in [-0.1, -0.05) is 185 Å². The molecule has 2 heterocycles. The highest BCUT2D eigenvalue weighted by Gasteiger charge is 2.72. The number of benzene rings is 9. The Morgan fingerprint density at radius 1 is 0.378 bits per heavy atom. The van der Waals surface area contributed by atoms with E-state index in [1.165, 1.54) is 142 Å². The molecule has 7 bridgehead atoms. The molecule has 3 nitrogen and oxygen atoms in total. The number of aromatic nitrogens is 1. The van der Waals surface area contributed by atoms with Crippen LogP contribution in [0.25, 0.3) is 105 Å². The van der Waals surface area contributed by atoms with Crippen LogP contribution >= 0.6 is 0 Å². The van der Waals surface area contributed by atoms with E-state index >= 15 is 0 Å². The molecule has 8 aliphatic carbocycles. The van der Waals surface area contributed by atoms with Crippen LogP contribution in [0.5, 0.6) is 0 Å². The number of hydrogen-bond acceptors (Lipinski definition) is 2. The molecule has 0 aliphatic heterocycles. The Labute approximate surface area is 481 Å². The third-order valence-corrected chi connectivity index (χ3v) is 23.4. The van der Waals surface area contributed by atoms with E-state index in [1.807, 2.05) is 0 Å². The van der Waals surface area contributed by atoms with Crippen molar-refractivity contribution in [1.29, 1.82) is 10.5 Å². The average Bonchev–Trinajstić information content (AvgIpc) is 1.61. The van der Waals surface area contributed by atoms with Gasteiger partial charge in [0.05, 0.1) is 39.8 Å². The number of fused-ring (bicyclic) bond motifs is 12. The van der Waals surface area contributed by atoms with Crippen molar-refractivity contribution in [3.05, 3.63) is 209 Å². The standard InChI is InChI=1S/C79H65N3/c1-75-36-46-31-47(37-75)39-76(2,38-46)72-68-62(32-52(42-80)70(72)75)82-63-33-53(43-81)71-73(78(4)41-55-34-54-40-77(71,3)44-79(54,55)45-78)69(63)67-61(65-58(50-23-13-7-14-24-50)29-18-30-59(65)51-25-15-8-16-26-51)35-60(66(68)74(67)82)64-56(48-19-9-5-10-20-48)27-17-28-57(64)49-21-11-6-12-22-49/h5-30,32-33,35,46-47,54-55H,31,34,36-41,44-45H2,1-4H3. The Balaban J connectivity index is 1.15. The summed E-state index contributed by atoms with van der Waals surface area (Å²) < 4.78 is 2.66. The van der Waals surface area contributed by atoms with Gasteiger partial charge in [0.25, 0.3) is 0 Å². The fourth-order valence-electron chi connectivity index (χ4n) is 21.5. The van der Waals surface area contributed by atoms with Gasteiger partial charge in [-0.25, -0.2) is 0 Å². The minimum Gasteiger partial charge on any atom is -0.308 e. The molecule has 1 spiro atoms.